The highest BCUT2D eigenvalue weighted by atomic mass is 32.2. The summed E-state index contributed by atoms with van der Waals surface area (Å²) in [5, 5.41) is 5.91. The summed E-state index contributed by atoms with van der Waals surface area (Å²) in [6, 6.07) is 20.3. The molecule has 0 radical (unpaired) electrons. The van der Waals surface area contributed by atoms with Gasteiger partial charge < -0.3 is 15.5 Å². The number of thioether (sulfide) groups is 1. The molecule has 3 aromatic carbocycles. The van der Waals surface area contributed by atoms with Gasteiger partial charge in [-0.15, -0.1) is 0 Å². The maximum absolute atomic E-state index is 14.0. The molecule has 38 heavy (non-hydrogen) atoms. The Balaban J connectivity index is 1.08. The SMILES string of the molecule is Cc1ccc(C=C2Sc3ccc(C(=O)NCCCN4CCN(c5ccccc5F)CC4)cc3NC2=O)cc1. The topological polar surface area (TPSA) is 64.7 Å². The van der Waals surface area contributed by atoms with Crippen LogP contribution in [0.25, 0.3) is 6.08 Å². The van der Waals surface area contributed by atoms with Crippen molar-refractivity contribution in [3.63, 3.8) is 0 Å². The highest BCUT2D eigenvalue weighted by molar-refractivity contribution is 8.04. The van der Waals surface area contributed by atoms with Crippen molar-refractivity contribution in [3.05, 3.63) is 94.1 Å². The molecule has 0 atom stereocenters. The number of piperazine rings is 1. The molecule has 2 N–H and O–H groups in total. The van der Waals surface area contributed by atoms with Gasteiger partial charge in [-0.25, -0.2) is 4.39 Å². The maximum Gasteiger partial charge on any atom is 0.262 e. The molecule has 3 aromatic rings. The van der Waals surface area contributed by atoms with Gasteiger partial charge in [0.05, 0.1) is 16.3 Å². The van der Waals surface area contributed by atoms with Gasteiger partial charge in [0.15, 0.2) is 0 Å². The van der Waals surface area contributed by atoms with Crippen LogP contribution in [0.15, 0.2) is 76.5 Å². The Hall–Kier alpha value is -3.62. The lowest BCUT2D eigenvalue weighted by molar-refractivity contribution is -0.112. The highest BCUT2D eigenvalue weighted by Crippen LogP contribution is 2.39. The summed E-state index contributed by atoms with van der Waals surface area (Å²) in [7, 11) is 0. The highest BCUT2D eigenvalue weighted by Gasteiger charge is 2.23. The summed E-state index contributed by atoms with van der Waals surface area (Å²) < 4.78 is 14.0. The Morgan fingerprint density at radius 3 is 2.58 bits per heavy atom. The van der Waals surface area contributed by atoms with E-state index in [-0.39, 0.29) is 17.6 Å². The Kier molecular flexibility index (Phi) is 8.10. The average molecular weight is 531 g/mol. The van der Waals surface area contributed by atoms with Crippen molar-refractivity contribution in [2.24, 2.45) is 0 Å². The van der Waals surface area contributed by atoms with E-state index in [0.29, 0.717) is 28.4 Å². The smallest absolute Gasteiger partial charge is 0.262 e. The fourth-order valence-corrected chi connectivity index (χ4v) is 5.57. The van der Waals surface area contributed by atoms with Gasteiger partial charge in [-0.1, -0.05) is 53.7 Å². The molecular weight excluding hydrogens is 499 g/mol. The molecule has 0 bridgehead atoms. The van der Waals surface area contributed by atoms with E-state index in [9.17, 15) is 14.0 Å². The van der Waals surface area contributed by atoms with Crippen molar-refractivity contribution >= 4 is 41.0 Å². The normalized spacial score (nSPS) is 16.7. The van der Waals surface area contributed by atoms with E-state index in [1.165, 1.54) is 23.4 Å². The van der Waals surface area contributed by atoms with Gasteiger partial charge in [-0.2, -0.15) is 0 Å². The van der Waals surface area contributed by atoms with Crippen molar-refractivity contribution in [1.82, 2.24) is 10.2 Å². The van der Waals surface area contributed by atoms with Gasteiger partial charge in [0.2, 0.25) is 0 Å². The zero-order valence-electron chi connectivity index (χ0n) is 21.4. The number of amides is 2. The van der Waals surface area contributed by atoms with Crippen molar-refractivity contribution in [2.75, 3.05) is 49.5 Å². The number of carbonyl (C=O) groups is 2. The molecule has 0 spiro atoms. The molecule has 2 aliphatic heterocycles. The van der Waals surface area contributed by atoms with Crippen LogP contribution in [0, 0.1) is 12.7 Å². The van der Waals surface area contributed by atoms with Gasteiger partial charge in [0.25, 0.3) is 11.8 Å². The van der Waals surface area contributed by atoms with Crippen LogP contribution in [-0.4, -0.2) is 56.0 Å². The minimum Gasteiger partial charge on any atom is -0.367 e. The van der Waals surface area contributed by atoms with Gasteiger partial charge in [-0.05, 0) is 61.9 Å². The fraction of sp³-hybridized carbons (Fsp3) is 0.267. The molecule has 0 aromatic heterocycles. The minimum absolute atomic E-state index is 0.155. The fourth-order valence-electron chi connectivity index (χ4n) is 4.64. The van der Waals surface area contributed by atoms with E-state index >= 15 is 0 Å². The number of nitrogens with zero attached hydrogens (tertiary/aromatic N) is 2. The number of halogens is 1. The third-order valence-electron chi connectivity index (χ3n) is 6.81. The monoisotopic (exact) mass is 530 g/mol. The molecule has 0 unspecified atom stereocenters. The summed E-state index contributed by atoms with van der Waals surface area (Å²) in [6.45, 7) is 6.77. The number of carbonyl (C=O) groups excluding carboxylic acids is 2. The van der Waals surface area contributed by atoms with Crippen molar-refractivity contribution < 1.29 is 14.0 Å². The first-order valence-corrected chi connectivity index (χ1v) is 13.7. The number of para-hydroxylation sites is 1. The quantitative estimate of drug-likeness (QED) is 0.326. The van der Waals surface area contributed by atoms with Crippen molar-refractivity contribution in [3.8, 4) is 0 Å². The van der Waals surface area contributed by atoms with E-state index in [2.05, 4.69) is 20.4 Å². The standard InChI is InChI=1S/C30H31FN4O2S/c1-21-7-9-22(10-8-21)19-28-30(37)33-25-20-23(11-12-27(25)38-28)29(36)32-13-4-14-34-15-17-35(18-16-34)26-6-3-2-5-24(26)31/h2-3,5-12,19-20H,4,13-18H2,1H3,(H,32,36)(H,33,37). The molecular formula is C30H31FN4O2S. The van der Waals surface area contributed by atoms with E-state index < -0.39 is 0 Å². The predicted octanol–water partition coefficient (Wildman–Crippen LogP) is 5.16. The summed E-state index contributed by atoms with van der Waals surface area (Å²) >= 11 is 1.41. The summed E-state index contributed by atoms with van der Waals surface area (Å²) in [4.78, 5) is 31.4. The van der Waals surface area contributed by atoms with Gasteiger partial charge in [0.1, 0.15) is 5.82 Å². The van der Waals surface area contributed by atoms with E-state index in [1.54, 1.807) is 18.2 Å². The molecule has 1 fully saturated rings. The lowest BCUT2D eigenvalue weighted by Gasteiger charge is -2.36. The zero-order valence-corrected chi connectivity index (χ0v) is 22.2. The Labute approximate surface area is 226 Å². The molecule has 0 aliphatic carbocycles. The van der Waals surface area contributed by atoms with Gasteiger partial charge >= 0.3 is 0 Å². The number of anilines is 2. The minimum atomic E-state index is -0.178. The Bertz CT molecular complexity index is 1350. The van der Waals surface area contributed by atoms with Crippen LogP contribution in [-0.2, 0) is 4.79 Å². The first-order valence-electron chi connectivity index (χ1n) is 12.9. The number of nitrogens with one attached hydrogen (secondary N) is 2. The largest absolute Gasteiger partial charge is 0.367 e. The average Bonchev–Trinajstić information content (AvgIpc) is 2.93. The molecule has 1 saturated heterocycles. The third kappa shape index (κ3) is 6.26. The van der Waals surface area contributed by atoms with E-state index in [4.69, 9.17) is 0 Å². The summed E-state index contributed by atoms with van der Waals surface area (Å²) in [5.74, 6) is -0.503. The molecule has 2 heterocycles. The number of hydrogen-bond acceptors (Lipinski definition) is 5. The zero-order chi connectivity index (χ0) is 26.5. The van der Waals surface area contributed by atoms with E-state index in [1.807, 2.05) is 55.5 Å². The first kappa shape index (κ1) is 26.0. The number of benzene rings is 3. The molecule has 196 valence electrons. The third-order valence-corrected chi connectivity index (χ3v) is 7.91. The summed E-state index contributed by atoms with van der Waals surface area (Å²) in [6.07, 6.45) is 2.71. The van der Waals surface area contributed by atoms with Crippen LogP contribution in [0.2, 0.25) is 0 Å². The van der Waals surface area contributed by atoms with Crippen LogP contribution in [0.1, 0.15) is 27.9 Å². The molecule has 5 rings (SSSR count). The number of hydrogen-bond donors (Lipinski definition) is 2. The van der Waals surface area contributed by atoms with Crippen LogP contribution in [0.5, 0.6) is 0 Å². The maximum atomic E-state index is 14.0. The summed E-state index contributed by atoms with van der Waals surface area (Å²) in [5.41, 5.74) is 3.98. The molecule has 0 saturated carbocycles. The molecule has 2 aliphatic rings. The molecule has 6 nitrogen and oxygen atoms in total. The second-order valence-electron chi connectivity index (χ2n) is 9.58. The van der Waals surface area contributed by atoms with Crippen LogP contribution >= 0.6 is 11.8 Å². The van der Waals surface area contributed by atoms with Gasteiger partial charge in [-0.3, -0.25) is 14.5 Å². The van der Waals surface area contributed by atoms with Crippen LogP contribution in [0.4, 0.5) is 15.8 Å². The number of rotatable bonds is 7. The van der Waals surface area contributed by atoms with Crippen LogP contribution in [0.3, 0.4) is 0 Å². The van der Waals surface area contributed by atoms with Crippen molar-refractivity contribution in [1.29, 1.82) is 0 Å². The van der Waals surface area contributed by atoms with Gasteiger partial charge in [0, 0.05) is 43.2 Å². The molecule has 8 heteroatoms. The number of fused-ring (bicyclic) bond motifs is 1. The second-order valence-corrected chi connectivity index (χ2v) is 10.7. The lowest BCUT2D eigenvalue weighted by atomic mass is 10.1. The van der Waals surface area contributed by atoms with Crippen molar-refractivity contribution in [2.45, 2.75) is 18.2 Å². The predicted molar refractivity (Wildman–Crippen MR) is 152 cm³/mol. The Morgan fingerprint density at radius 2 is 1.82 bits per heavy atom. The first-order chi connectivity index (χ1) is 18.5. The number of aryl methyl sites for hydroxylation is 1. The lowest BCUT2D eigenvalue weighted by Crippen LogP contribution is -2.47. The second kappa shape index (κ2) is 11.8. The Morgan fingerprint density at radius 1 is 1.05 bits per heavy atom. The van der Waals surface area contributed by atoms with Crippen LogP contribution < -0.4 is 15.5 Å². The molecule has 2 amide bonds. The van der Waals surface area contributed by atoms with E-state index in [0.717, 1.165) is 49.6 Å².